The average Bonchev–Trinajstić information content (AvgIpc) is 2.03. The molecule has 0 aliphatic heterocycles. The Morgan fingerprint density at radius 2 is 2.21 bits per heavy atom. The van der Waals surface area contributed by atoms with E-state index in [9.17, 15) is 0 Å². The summed E-state index contributed by atoms with van der Waals surface area (Å²) >= 11 is 0. The Morgan fingerprint density at radius 3 is 2.71 bits per heavy atom. The monoisotopic (exact) mass is 200 g/mol. The van der Waals surface area contributed by atoms with Gasteiger partial charge in [0, 0.05) is 17.6 Å². The van der Waals surface area contributed by atoms with Crippen LogP contribution >= 0.6 is 0 Å². The molecule has 1 atom stereocenters. The van der Waals surface area contributed by atoms with Crippen LogP contribution in [0.1, 0.15) is 33.6 Å². The number of nitrogens with zero attached hydrogens (tertiary/aromatic N) is 3. The van der Waals surface area contributed by atoms with Crippen LogP contribution < -0.4 is 5.73 Å². The molecule has 2 N–H and O–H groups in total. The minimum absolute atomic E-state index is 0.00586. The van der Waals surface area contributed by atoms with Crippen molar-refractivity contribution in [3.8, 4) is 0 Å². The summed E-state index contributed by atoms with van der Waals surface area (Å²) in [6, 6.07) is -0.00586. The van der Waals surface area contributed by atoms with E-state index in [1.54, 1.807) is 0 Å². The quantitative estimate of drug-likeness (QED) is 0.388. The number of azide groups is 1. The molecule has 0 aromatic rings. The summed E-state index contributed by atoms with van der Waals surface area (Å²) in [7, 11) is 0. The van der Waals surface area contributed by atoms with Crippen molar-refractivity contribution >= 4 is 0 Å². The van der Waals surface area contributed by atoms with Crippen LogP contribution in [0.3, 0.4) is 0 Å². The van der Waals surface area contributed by atoms with Gasteiger partial charge in [-0.2, -0.15) is 0 Å². The zero-order valence-electron chi connectivity index (χ0n) is 9.23. The standard InChI is InChI=1S/C9H20N4O/c1-8(12-13-11)4-7-14-9(2,3)5-6-10/h8H,4-7,10H2,1-3H3. The van der Waals surface area contributed by atoms with Crippen molar-refractivity contribution in [1.82, 2.24) is 0 Å². The Labute approximate surface area is 85.2 Å². The van der Waals surface area contributed by atoms with E-state index in [1.807, 2.05) is 20.8 Å². The highest BCUT2D eigenvalue weighted by Crippen LogP contribution is 2.14. The van der Waals surface area contributed by atoms with Gasteiger partial charge in [-0.05, 0) is 38.8 Å². The molecule has 0 aliphatic carbocycles. The Kier molecular flexibility index (Phi) is 6.28. The Morgan fingerprint density at radius 1 is 1.57 bits per heavy atom. The Bertz CT molecular complexity index is 199. The van der Waals surface area contributed by atoms with Crippen molar-refractivity contribution in [2.75, 3.05) is 13.2 Å². The van der Waals surface area contributed by atoms with Gasteiger partial charge in [0.1, 0.15) is 0 Å². The molecular weight excluding hydrogens is 180 g/mol. The minimum Gasteiger partial charge on any atom is -0.376 e. The molecule has 0 amide bonds. The minimum atomic E-state index is -0.176. The van der Waals surface area contributed by atoms with Crippen molar-refractivity contribution < 1.29 is 4.74 Å². The van der Waals surface area contributed by atoms with Crippen LogP contribution in [0.5, 0.6) is 0 Å². The van der Waals surface area contributed by atoms with Gasteiger partial charge < -0.3 is 10.5 Å². The first-order chi connectivity index (χ1) is 6.52. The van der Waals surface area contributed by atoms with Crippen molar-refractivity contribution in [1.29, 1.82) is 0 Å². The summed E-state index contributed by atoms with van der Waals surface area (Å²) in [6.07, 6.45) is 1.58. The lowest BCUT2D eigenvalue weighted by Crippen LogP contribution is -2.28. The van der Waals surface area contributed by atoms with Gasteiger partial charge in [0.05, 0.1) is 5.60 Å². The number of ether oxygens (including phenoxy) is 1. The van der Waals surface area contributed by atoms with Gasteiger partial charge in [0.15, 0.2) is 0 Å². The van der Waals surface area contributed by atoms with Gasteiger partial charge in [0.2, 0.25) is 0 Å². The number of hydrogen-bond donors (Lipinski definition) is 1. The van der Waals surface area contributed by atoms with Crippen LogP contribution in [-0.4, -0.2) is 24.8 Å². The van der Waals surface area contributed by atoms with Crippen molar-refractivity contribution in [2.24, 2.45) is 10.8 Å². The zero-order chi connectivity index (χ0) is 11.0. The molecule has 0 rings (SSSR count). The van der Waals surface area contributed by atoms with Gasteiger partial charge in [-0.1, -0.05) is 12.0 Å². The first-order valence-corrected chi connectivity index (χ1v) is 4.90. The molecule has 0 saturated heterocycles. The van der Waals surface area contributed by atoms with Crippen LogP contribution in [0.25, 0.3) is 10.4 Å². The van der Waals surface area contributed by atoms with E-state index in [0.717, 1.165) is 12.8 Å². The fourth-order valence-electron chi connectivity index (χ4n) is 1.07. The first kappa shape index (κ1) is 13.2. The topological polar surface area (TPSA) is 84.0 Å². The van der Waals surface area contributed by atoms with Crippen LogP contribution in [0.2, 0.25) is 0 Å². The van der Waals surface area contributed by atoms with E-state index in [4.69, 9.17) is 16.0 Å². The highest BCUT2D eigenvalue weighted by Gasteiger charge is 2.16. The van der Waals surface area contributed by atoms with Crippen LogP contribution in [0.15, 0.2) is 5.11 Å². The van der Waals surface area contributed by atoms with Crippen LogP contribution in [0, 0.1) is 0 Å². The highest BCUT2D eigenvalue weighted by atomic mass is 16.5. The molecule has 82 valence electrons. The molecule has 0 saturated carbocycles. The summed E-state index contributed by atoms with van der Waals surface area (Å²) in [5.41, 5.74) is 13.5. The molecule has 5 heteroatoms. The smallest absolute Gasteiger partial charge is 0.0638 e. The van der Waals surface area contributed by atoms with Crippen LogP contribution in [0.4, 0.5) is 0 Å². The maximum atomic E-state index is 8.18. The zero-order valence-corrected chi connectivity index (χ0v) is 9.23. The molecule has 0 radical (unpaired) electrons. The number of rotatable bonds is 7. The summed E-state index contributed by atoms with van der Waals surface area (Å²) in [6.45, 7) is 7.13. The highest BCUT2D eigenvalue weighted by molar-refractivity contribution is 4.69. The van der Waals surface area contributed by atoms with Crippen LogP contribution in [-0.2, 0) is 4.74 Å². The second-order valence-electron chi connectivity index (χ2n) is 3.99. The molecule has 0 fully saturated rings. The summed E-state index contributed by atoms with van der Waals surface area (Å²) in [5, 5.41) is 3.57. The summed E-state index contributed by atoms with van der Waals surface area (Å²) in [5.74, 6) is 0. The van der Waals surface area contributed by atoms with Gasteiger partial charge in [-0.25, -0.2) is 0 Å². The van der Waals surface area contributed by atoms with Gasteiger partial charge >= 0.3 is 0 Å². The molecule has 0 aliphatic rings. The first-order valence-electron chi connectivity index (χ1n) is 4.90. The molecular formula is C9H20N4O. The number of nitrogens with two attached hydrogens (primary N) is 1. The van der Waals surface area contributed by atoms with E-state index in [1.165, 1.54) is 0 Å². The third-order valence-electron chi connectivity index (χ3n) is 2.02. The van der Waals surface area contributed by atoms with Crippen molar-refractivity contribution in [2.45, 2.75) is 45.3 Å². The maximum absolute atomic E-state index is 8.18. The molecule has 14 heavy (non-hydrogen) atoms. The second-order valence-corrected chi connectivity index (χ2v) is 3.99. The molecule has 1 unspecified atom stereocenters. The molecule has 0 heterocycles. The van der Waals surface area contributed by atoms with E-state index in [0.29, 0.717) is 13.2 Å². The van der Waals surface area contributed by atoms with Gasteiger partial charge in [-0.3, -0.25) is 0 Å². The largest absolute Gasteiger partial charge is 0.376 e. The van der Waals surface area contributed by atoms with E-state index in [-0.39, 0.29) is 11.6 Å². The normalized spacial score (nSPS) is 13.4. The second kappa shape index (κ2) is 6.65. The summed E-state index contributed by atoms with van der Waals surface area (Å²) < 4.78 is 5.62. The molecule has 5 nitrogen and oxygen atoms in total. The third-order valence-corrected chi connectivity index (χ3v) is 2.02. The Balaban J connectivity index is 3.67. The molecule has 0 aromatic carbocycles. The molecule has 0 aromatic heterocycles. The predicted octanol–water partition coefficient (Wildman–Crippen LogP) is 2.22. The van der Waals surface area contributed by atoms with E-state index < -0.39 is 0 Å². The predicted molar refractivity (Wildman–Crippen MR) is 56.9 cm³/mol. The lowest BCUT2D eigenvalue weighted by molar-refractivity contribution is -0.0239. The third kappa shape index (κ3) is 6.71. The number of hydrogen-bond acceptors (Lipinski definition) is 3. The van der Waals surface area contributed by atoms with Gasteiger partial charge in [0.25, 0.3) is 0 Å². The average molecular weight is 200 g/mol. The van der Waals surface area contributed by atoms with Crippen molar-refractivity contribution in [3.63, 3.8) is 0 Å². The van der Waals surface area contributed by atoms with Gasteiger partial charge in [-0.15, -0.1) is 0 Å². The summed E-state index contributed by atoms with van der Waals surface area (Å²) in [4.78, 5) is 2.74. The maximum Gasteiger partial charge on any atom is 0.0638 e. The fraction of sp³-hybridized carbons (Fsp3) is 1.00. The lowest BCUT2D eigenvalue weighted by Gasteiger charge is -2.25. The molecule has 0 spiro atoms. The fourth-order valence-corrected chi connectivity index (χ4v) is 1.07. The molecule has 0 bridgehead atoms. The van der Waals surface area contributed by atoms with E-state index >= 15 is 0 Å². The van der Waals surface area contributed by atoms with Crippen molar-refractivity contribution in [3.05, 3.63) is 10.4 Å². The SMILES string of the molecule is CC(CCOC(C)(C)CCN)N=[N+]=[N-]. The Hall–Kier alpha value is -0.770. The lowest BCUT2D eigenvalue weighted by atomic mass is 10.1. The van der Waals surface area contributed by atoms with E-state index in [2.05, 4.69) is 10.0 Å².